The fraction of sp³-hybridized carbons (Fsp3) is 0.286. The van der Waals surface area contributed by atoms with Crippen molar-refractivity contribution in [3.63, 3.8) is 0 Å². The third-order valence-corrected chi connectivity index (χ3v) is 2.04. The summed E-state index contributed by atoms with van der Waals surface area (Å²) in [5.41, 5.74) is 0.0178. The van der Waals surface area contributed by atoms with Gasteiger partial charge in [0.15, 0.2) is 0 Å². The zero-order valence-electron chi connectivity index (χ0n) is 7.74. The molecule has 0 aromatic carbocycles. The van der Waals surface area contributed by atoms with Crippen molar-refractivity contribution in [3.05, 3.63) is 18.0 Å². The van der Waals surface area contributed by atoms with Crippen LogP contribution in [0.2, 0.25) is 0 Å². The van der Waals surface area contributed by atoms with Gasteiger partial charge >= 0.3 is 16.1 Å². The number of nitrogens with zero attached hydrogens (tertiary/aromatic N) is 2. The molecule has 0 unspecified atom stereocenters. The van der Waals surface area contributed by atoms with Gasteiger partial charge in [0.2, 0.25) is 0 Å². The molecule has 1 rings (SSSR count). The predicted molar refractivity (Wildman–Crippen MR) is 47.8 cm³/mol. The topological polar surface area (TPSA) is 106 Å². The zero-order chi connectivity index (χ0) is 11.5. The van der Waals surface area contributed by atoms with Gasteiger partial charge < -0.3 is 4.74 Å². The number of rotatable bonds is 3. The van der Waals surface area contributed by atoms with Crippen LogP contribution in [0.3, 0.4) is 0 Å². The van der Waals surface area contributed by atoms with Gasteiger partial charge in [-0.3, -0.25) is 4.55 Å². The first-order valence-electron chi connectivity index (χ1n) is 3.92. The lowest BCUT2D eigenvalue weighted by atomic mass is 10.3. The van der Waals surface area contributed by atoms with Crippen molar-refractivity contribution in [1.82, 2.24) is 9.97 Å². The lowest BCUT2D eigenvalue weighted by Gasteiger charge is -2.00. The molecule has 0 aliphatic carbocycles. The third kappa shape index (κ3) is 2.96. The van der Waals surface area contributed by atoms with Crippen molar-refractivity contribution in [2.24, 2.45) is 0 Å². The maximum atomic E-state index is 11.1. The Morgan fingerprint density at radius 2 is 2.00 bits per heavy atom. The van der Waals surface area contributed by atoms with E-state index in [0.29, 0.717) is 0 Å². The van der Waals surface area contributed by atoms with Crippen molar-refractivity contribution in [2.75, 3.05) is 6.61 Å². The summed E-state index contributed by atoms with van der Waals surface area (Å²) >= 11 is 0. The molecule has 0 radical (unpaired) electrons. The normalized spacial score (nSPS) is 11.1. The Morgan fingerprint density at radius 1 is 1.47 bits per heavy atom. The van der Waals surface area contributed by atoms with E-state index in [9.17, 15) is 13.2 Å². The van der Waals surface area contributed by atoms with Gasteiger partial charge in [0.25, 0.3) is 5.16 Å². The quantitative estimate of drug-likeness (QED) is 0.440. The van der Waals surface area contributed by atoms with Gasteiger partial charge in [-0.1, -0.05) is 0 Å². The van der Waals surface area contributed by atoms with Crippen molar-refractivity contribution < 1.29 is 22.5 Å². The van der Waals surface area contributed by atoms with Crippen LogP contribution in [0.5, 0.6) is 0 Å². The Kier molecular flexibility index (Phi) is 3.32. The molecule has 0 saturated carbocycles. The van der Waals surface area contributed by atoms with Crippen LogP contribution in [-0.2, 0) is 14.9 Å². The van der Waals surface area contributed by atoms with Crippen LogP contribution in [0, 0.1) is 0 Å². The number of carbonyl (C=O) groups excluding carboxylic acids is 1. The lowest BCUT2D eigenvalue weighted by molar-refractivity contribution is 0.0525. The largest absolute Gasteiger partial charge is 0.462 e. The molecule has 1 heterocycles. The summed E-state index contributed by atoms with van der Waals surface area (Å²) in [5, 5.41) is -0.754. The van der Waals surface area contributed by atoms with Crippen molar-refractivity contribution in [2.45, 2.75) is 12.1 Å². The van der Waals surface area contributed by atoms with Gasteiger partial charge in [-0.05, 0) is 6.92 Å². The fourth-order valence-corrected chi connectivity index (χ4v) is 1.14. The molecule has 0 fully saturated rings. The molecule has 1 aromatic rings. The van der Waals surface area contributed by atoms with Crippen LogP contribution in [0.25, 0.3) is 0 Å². The van der Waals surface area contributed by atoms with E-state index in [0.717, 1.165) is 12.4 Å². The Morgan fingerprint density at radius 3 is 2.40 bits per heavy atom. The average Bonchev–Trinajstić information content (AvgIpc) is 2.17. The van der Waals surface area contributed by atoms with Gasteiger partial charge in [-0.25, -0.2) is 14.8 Å². The van der Waals surface area contributed by atoms with E-state index in [1.807, 2.05) is 0 Å². The van der Waals surface area contributed by atoms with Crippen LogP contribution < -0.4 is 0 Å². The van der Waals surface area contributed by atoms with E-state index in [1.54, 1.807) is 6.92 Å². The van der Waals surface area contributed by atoms with Gasteiger partial charge in [0.1, 0.15) is 0 Å². The van der Waals surface area contributed by atoms with Gasteiger partial charge in [-0.15, -0.1) is 0 Å². The van der Waals surface area contributed by atoms with E-state index in [2.05, 4.69) is 14.7 Å². The minimum Gasteiger partial charge on any atom is -0.462 e. The number of hydrogen-bond donors (Lipinski definition) is 1. The van der Waals surface area contributed by atoms with Crippen molar-refractivity contribution in [1.29, 1.82) is 0 Å². The van der Waals surface area contributed by atoms with Crippen LogP contribution in [0.1, 0.15) is 17.3 Å². The molecule has 15 heavy (non-hydrogen) atoms. The van der Waals surface area contributed by atoms with Crippen molar-refractivity contribution >= 4 is 16.1 Å². The van der Waals surface area contributed by atoms with Crippen LogP contribution in [0.15, 0.2) is 17.6 Å². The maximum Gasteiger partial charge on any atom is 0.341 e. The molecular formula is C7H8N2O5S. The summed E-state index contributed by atoms with van der Waals surface area (Å²) in [6, 6.07) is 0. The summed E-state index contributed by atoms with van der Waals surface area (Å²) < 4.78 is 34.3. The Bertz CT molecular complexity index is 453. The highest BCUT2D eigenvalue weighted by molar-refractivity contribution is 7.85. The monoisotopic (exact) mass is 232 g/mol. The molecule has 0 saturated heterocycles. The zero-order valence-corrected chi connectivity index (χ0v) is 8.56. The van der Waals surface area contributed by atoms with E-state index >= 15 is 0 Å². The summed E-state index contributed by atoms with van der Waals surface area (Å²) in [5.74, 6) is -0.653. The third-order valence-electron chi connectivity index (χ3n) is 1.37. The summed E-state index contributed by atoms with van der Waals surface area (Å²) in [7, 11) is -4.43. The number of hydrogen-bond acceptors (Lipinski definition) is 6. The molecule has 0 aliphatic rings. The van der Waals surface area contributed by atoms with Crippen LogP contribution >= 0.6 is 0 Å². The maximum absolute atomic E-state index is 11.1. The minimum absolute atomic E-state index is 0.0178. The molecule has 0 atom stereocenters. The van der Waals surface area contributed by atoms with Gasteiger partial charge in [0, 0.05) is 12.4 Å². The molecule has 7 nitrogen and oxygen atoms in total. The highest BCUT2D eigenvalue weighted by Crippen LogP contribution is 2.03. The first-order chi connectivity index (χ1) is 6.95. The molecule has 0 aliphatic heterocycles. The average molecular weight is 232 g/mol. The molecule has 0 bridgehead atoms. The molecule has 82 valence electrons. The molecule has 0 amide bonds. The SMILES string of the molecule is CCOC(=O)c1cnc(S(=O)(=O)O)nc1. The van der Waals surface area contributed by atoms with Crippen LogP contribution in [0.4, 0.5) is 0 Å². The number of esters is 1. The number of carbonyl (C=O) groups is 1. The van der Waals surface area contributed by atoms with Crippen molar-refractivity contribution in [3.8, 4) is 0 Å². The molecule has 0 spiro atoms. The minimum atomic E-state index is -4.43. The molecule has 1 aromatic heterocycles. The Labute approximate surface area is 85.9 Å². The van der Waals surface area contributed by atoms with Gasteiger partial charge in [-0.2, -0.15) is 8.42 Å². The lowest BCUT2D eigenvalue weighted by Crippen LogP contribution is -2.09. The standard InChI is InChI=1S/C7H8N2O5S/c1-2-14-6(10)5-3-8-7(9-4-5)15(11,12)13/h3-4H,2H2,1H3,(H,11,12,13). The summed E-state index contributed by atoms with van der Waals surface area (Å²) in [4.78, 5) is 17.7. The first kappa shape index (κ1) is 11.5. The summed E-state index contributed by atoms with van der Waals surface area (Å²) in [6.07, 6.45) is 1.93. The highest BCUT2D eigenvalue weighted by atomic mass is 32.2. The first-order valence-corrected chi connectivity index (χ1v) is 5.36. The summed E-state index contributed by atoms with van der Waals surface area (Å²) in [6.45, 7) is 1.82. The number of ether oxygens (including phenoxy) is 1. The second-order valence-corrected chi connectivity index (χ2v) is 3.77. The van der Waals surface area contributed by atoms with E-state index < -0.39 is 21.2 Å². The predicted octanol–water partition coefficient (Wildman–Crippen LogP) is -0.100. The Hall–Kier alpha value is -1.54. The Balaban J connectivity index is 2.96. The highest BCUT2D eigenvalue weighted by Gasteiger charge is 2.15. The second-order valence-electron chi connectivity index (χ2n) is 2.45. The van der Waals surface area contributed by atoms with Crippen LogP contribution in [-0.4, -0.2) is 35.5 Å². The van der Waals surface area contributed by atoms with E-state index in [4.69, 9.17) is 4.55 Å². The smallest absolute Gasteiger partial charge is 0.341 e. The molecular weight excluding hydrogens is 224 g/mol. The van der Waals surface area contributed by atoms with Gasteiger partial charge in [0.05, 0.1) is 12.2 Å². The van der Waals surface area contributed by atoms with E-state index in [1.165, 1.54) is 0 Å². The fourth-order valence-electron chi connectivity index (χ4n) is 0.769. The number of aromatic nitrogens is 2. The molecule has 8 heteroatoms. The second kappa shape index (κ2) is 4.32. The molecule has 1 N–H and O–H groups in total. The van der Waals surface area contributed by atoms with E-state index in [-0.39, 0.29) is 12.2 Å².